The van der Waals surface area contributed by atoms with Gasteiger partial charge in [-0.2, -0.15) is 0 Å². The van der Waals surface area contributed by atoms with Crippen LogP contribution in [0.2, 0.25) is 0 Å². The number of hydrogen-bond acceptors (Lipinski definition) is 2. The smallest absolute Gasteiger partial charge is 0.00557 e. The Morgan fingerprint density at radius 1 is 1.27 bits per heavy atom. The molecule has 0 amide bonds. The second-order valence-corrected chi connectivity index (χ2v) is 5.60. The number of hydrogen-bond donors (Lipinski definition) is 1. The maximum Gasteiger partial charge on any atom is 0.00557 e. The molecule has 0 aliphatic carbocycles. The van der Waals surface area contributed by atoms with Crippen molar-refractivity contribution < 1.29 is 0 Å². The van der Waals surface area contributed by atoms with E-state index in [0.29, 0.717) is 11.5 Å². The zero-order chi connectivity index (χ0) is 11.5. The van der Waals surface area contributed by atoms with Gasteiger partial charge in [0.2, 0.25) is 0 Å². The lowest BCUT2D eigenvalue weighted by Gasteiger charge is -2.39. The Morgan fingerprint density at radius 3 is 2.27 bits per heavy atom. The standard InChI is InChI=1S/C13H28N2/c1-6-15(12(4)5)10-13(11(2)3)7-8-14-9-13/h11-12,14H,6-10H2,1-5H3. The monoisotopic (exact) mass is 212 g/mol. The van der Waals surface area contributed by atoms with E-state index in [1.165, 1.54) is 32.6 Å². The molecule has 0 aromatic heterocycles. The molecule has 1 fully saturated rings. The zero-order valence-corrected chi connectivity index (χ0v) is 11.1. The van der Waals surface area contributed by atoms with Crippen LogP contribution in [0.1, 0.15) is 41.0 Å². The van der Waals surface area contributed by atoms with Gasteiger partial charge in [-0.05, 0) is 44.7 Å². The van der Waals surface area contributed by atoms with Crippen molar-refractivity contribution in [1.29, 1.82) is 0 Å². The third-order valence-electron chi connectivity index (χ3n) is 4.16. The van der Waals surface area contributed by atoms with Crippen molar-refractivity contribution in [2.45, 2.75) is 47.1 Å². The summed E-state index contributed by atoms with van der Waals surface area (Å²) in [4.78, 5) is 2.60. The molecule has 1 heterocycles. The van der Waals surface area contributed by atoms with Gasteiger partial charge < -0.3 is 10.2 Å². The summed E-state index contributed by atoms with van der Waals surface area (Å²) in [6.07, 6.45) is 1.34. The van der Waals surface area contributed by atoms with Crippen LogP contribution in [0.15, 0.2) is 0 Å². The first-order valence-electron chi connectivity index (χ1n) is 6.46. The van der Waals surface area contributed by atoms with Gasteiger partial charge in [-0.3, -0.25) is 0 Å². The van der Waals surface area contributed by atoms with Gasteiger partial charge in [-0.15, -0.1) is 0 Å². The highest BCUT2D eigenvalue weighted by atomic mass is 15.2. The van der Waals surface area contributed by atoms with E-state index in [0.717, 1.165) is 5.92 Å². The molecule has 1 unspecified atom stereocenters. The minimum atomic E-state index is 0.514. The molecular formula is C13H28N2. The second-order valence-electron chi connectivity index (χ2n) is 5.60. The molecular weight excluding hydrogens is 184 g/mol. The highest BCUT2D eigenvalue weighted by molar-refractivity contribution is 4.93. The van der Waals surface area contributed by atoms with Crippen LogP contribution in [0.25, 0.3) is 0 Å². The largest absolute Gasteiger partial charge is 0.316 e. The Kier molecular flexibility index (Phi) is 4.60. The fourth-order valence-electron chi connectivity index (χ4n) is 2.64. The summed E-state index contributed by atoms with van der Waals surface area (Å²) < 4.78 is 0. The summed E-state index contributed by atoms with van der Waals surface area (Å²) >= 11 is 0. The van der Waals surface area contributed by atoms with Gasteiger partial charge in [0.1, 0.15) is 0 Å². The van der Waals surface area contributed by atoms with Gasteiger partial charge in [0.25, 0.3) is 0 Å². The van der Waals surface area contributed by atoms with Crippen LogP contribution in [0.3, 0.4) is 0 Å². The van der Waals surface area contributed by atoms with Crippen molar-refractivity contribution in [3.8, 4) is 0 Å². The minimum Gasteiger partial charge on any atom is -0.316 e. The fourth-order valence-corrected chi connectivity index (χ4v) is 2.64. The molecule has 0 spiro atoms. The molecule has 0 aromatic carbocycles. The van der Waals surface area contributed by atoms with Crippen LogP contribution in [0, 0.1) is 11.3 Å². The lowest BCUT2D eigenvalue weighted by molar-refractivity contribution is 0.100. The summed E-state index contributed by atoms with van der Waals surface area (Å²) in [5.41, 5.74) is 0.514. The van der Waals surface area contributed by atoms with Gasteiger partial charge in [-0.25, -0.2) is 0 Å². The van der Waals surface area contributed by atoms with Crippen molar-refractivity contribution in [1.82, 2.24) is 10.2 Å². The van der Waals surface area contributed by atoms with Crippen LogP contribution in [0.4, 0.5) is 0 Å². The van der Waals surface area contributed by atoms with Crippen molar-refractivity contribution in [2.24, 2.45) is 11.3 Å². The quantitative estimate of drug-likeness (QED) is 0.752. The molecule has 1 atom stereocenters. The van der Waals surface area contributed by atoms with Crippen LogP contribution in [-0.2, 0) is 0 Å². The number of nitrogens with zero attached hydrogens (tertiary/aromatic N) is 1. The van der Waals surface area contributed by atoms with Gasteiger partial charge in [0.15, 0.2) is 0 Å². The Hall–Kier alpha value is -0.0800. The Morgan fingerprint density at radius 2 is 1.93 bits per heavy atom. The lowest BCUT2D eigenvalue weighted by atomic mass is 9.76. The van der Waals surface area contributed by atoms with Crippen molar-refractivity contribution in [3.05, 3.63) is 0 Å². The predicted octanol–water partition coefficient (Wildman–Crippen LogP) is 2.35. The first kappa shape index (κ1) is 13.0. The highest BCUT2D eigenvalue weighted by Gasteiger charge is 2.38. The first-order valence-corrected chi connectivity index (χ1v) is 6.46. The van der Waals surface area contributed by atoms with Crippen LogP contribution < -0.4 is 5.32 Å². The van der Waals surface area contributed by atoms with Gasteiger partial charge in [0.05, 0.1) is 0 Å². The Balaban J connectivity index is 2.65. The van der Waals surface area contributed by atoms with E-state index in [2.05, 4.69) is 44.8 Å². The third kappa shape index (κ3) is 2.94. The summed E-state index contributed by atoms with van der Waals surface area (Å²) in [6, 6.07) is 0.672. The normalized spacial score (nSPS) is 27.2. The molecule has 15 heavy (non-hydrogen) atoms. The van der Waals surface area contributed by atoms with Gasteiger partial charge in [0, 0.05) is 19.1 Å². The van der Waals surface area contributed by atoms with E-state index >= 15 is 0 Å². The summed E-state index contributed by atoms with van der Waals surface area (Å²) in [6.45, 7) is 16.5. The van der Waals surface area contributed by atoms with E-state index in [-0.39, 0.29) is 0 Å². The molecule has 0 saturated carbocycles. The molecule has 1 N–H and O–H groups in total. The zero-order valence-electron chi connectivity index (χ0n) is 11.1. The summed E-state index contributed by atoms with van der Waals surface area (Å²) in [7, 11) is 0. The molecule has 2 heteroatoms. The molecule has 1 aliphatic heterocycles. The van der Waals surface area contributed by atoms with E-state index in [1.54, 1.807) is 0 Å². The van der Waals surface area contributed by atoms with Crippen molar-refractivity contribution in [2.75, 3.05) is 26.2 Å². The molecule has 1 saturated heterocycles. The van der Waals surface area contributed by atoms with Crippen molar-refractivity contribution >= 4 is 0 Å². The van der Waals surface area contributed by atoms with Crippen LogP contribution >= 0.6 is 0 Å². The maximum atomic E-state index is 3.54. The first-order chi connectivity index (χ1) is 7.02. The van der Waals surface area contributed by atoms with Crippen molar-refractivity contribution in [3.63, 3.8) is 0 Å². The number of rotatable bonds is 5. The molecule has 1 rings (SSSR count). The molecule has 1 aliphatic rings. The second kappa shape index (κ2) is 5.31. The minimum absolute atomic E-state index is 0.514. The Bertz CT molecular complexity index is 181. The molecule has 2 nitrogen and oxygen atoms in total. The van der Waals surface area contributed by atoms with E-state index in [4.69, 9.17) is 0 Å². The molecule has 0 radical (unpaired) electrons. The van der Waals surface area contributed by atoms with Gasteiger partial charge in [-0.1, -0.05) is 20.8 Å². The topological polar surface area (TPSA) is 15.3 Å². The van der Waals surface area contributed by atoms with E-state index in [1.807, 2.05) is 0 Å². The van der Waals surface area contributed by atoms with E-state index < -0.39 is 0 Å². The van der Waals surface area contributed by atoms with Gasteiger partial charge >= 0.3 is 0 Å². The Labute approximate surface area is 95.4 Å². The SMILES string of the molecule is CCN(CC1(C(C)C)CCNC1)C(C)C. The molecule has 0 aromatic rings. The number of nitrogens with one attached hydrogen (secondary N) is 1. The average molecular weight is 212 g/mol. The van der Waals surface area contributed by atoms with E-state index in [9.17, 15) is 0 Å². The van der Waals surface area contributed by atoms with Crippen LogP contribution in [-0.4, -0.2) is 37.1 Å². The predicted molar refractivity (Wildman–Crippen MR) is 67.1 cm³/mol. The molecule has 0 bridgehead atoms. The maximum absolute atomic E-state index is 3.54. The third-order valence-corrected chi connectivity index (χ3v) is 4.16. The fraction of sp³-hybridized carbons (Fsp3) is 1.00. The lowest BCUT2D eigenvalue weighted by Crippen LogP contribution is -2.45. The average Bonchev–Trinajstić information content (AvgIpc) is 2.63. The summed E-state index contributed by atoms with van der Waals surface area (Å²) in [5, 5.41) is 3.54. The summed E-state index contributed by atoms with van der Waals surface area (Å²) in [5.74, 6) is 0.778. The highest BCUT2D eigenvalue weighted by Crippen LogP contribution is 2.35. The molecule has 90 valence electrons. The van der Waals surface area contributed by atoms with Crippen LogP contribution in [0.5, 0.6) is 0 Å².